The van der Waals surface area contributed by atoms with Crippen LogP contribution in [-0.2, 0) is 17.7 Å². The fraction of sp³-hybridized carbons (Fsp3) is 0.357. The van der Waals surface area contributed by atoms with Crippen molar-refractivity contribution in [2.45, 2.75) is 58.1 Å². The van der Waals surface area contributed by atoms with Gasteiger partial charge < -0.3 is 20.9 Å². The number of nitrogens with one attached hydrogen (secondary N) is 1. The highest BCUT2D eigenvalue weighted by Crippen LogP contribution is 2.18. The maximum absolute atomic E-state index is 10.1. The summed E-state index contributed by atoms with van der Waals surface area (Å²) in [5.41, 5.74) is 9.57. The first kappa shape index (κ1) is 25.8. The van der Waals surface area contributed by atoms with E-state index >= 15 is 0 Å². The van der Waals surface area contributed by atoms with Crippen molar-refractivity contribution in [3.8, 4) is 0 Å². The van der Waals surface area contributed by atoms with E-state index in [4.69, 9.17) is 10.5 Å². The Balaban J connectivity index is 0.000000439. The number of benzene rings is 3. The molecule has 32 heavy (non-hydrogen) atoms. The van der Waals surface area contributed by atoms with Crippen LogP contribution in [0.3, 0.4) is 0 Å². The zero-order valence-electron chi connectivity index (χ0n) is 19.6. The van der Waals surface area contributed by atoms with Gasteiger partial charge in [0.1, 0.15) is 0 Å². The molecule has 0 aliphatic carbocycles. The maximum Gasteiger partial charge on any atom is 0.160 e. The Hall–Kier alpha value is -2.50. The number of rotatable bonds is 10. The van der Waals surface area contributed by atoms with Gasteiger partial charge in [-0.25, -0.2) is 0 Å². The number of ether oxygens (including phenoxy) is 1. The van der Waals surface area contributed by atoms with Crippen LogP contribution in [0, 0.1) is 6.92 Å². The first-order chi connectivity index (χ1) is 15.4. The third-order valence-corrected chi connectivity index (χ3v) is 4.99. The van der Waals surface area contributed by atoms with E-state index in [2.05, 4.69) is 48.6 Å². The highest BCUT2D eigenvalue weighted by Gasteiger charge is 2.27. The Morgan fingerprint density at radius 1 is 0.844 bits per heavy atom. The average Bonchev–Trinajstić information content (AvgIpc) is 2.78. The Bertz CT molecular complexity index is 849. The van der Waals surface area contributed by atoms with Crippen molar-refractivity contribution in [1.29, 1.82) is 0 Å². The van der Waals surface area contributed by atoms with Crippen molar-refractivity contribution < 1.29 is 9.84 Å². The van der Waals surface area contributed by atoms with Gasteiger partial charge in [-0.3, -0.25) is 0 Å². The van der Waals surface area contributed by atoms with Crippen molar-refractivity contribution in [2.75, 3.05) is 6.54 Å². The molecule has 0 spiro atoms. The van der Waals surface area contributed by atoms with Crippen LogP contribution in [0.1, 0.15) is 37.0 Å². The van der Waals surface area contributed by atoms with Gasteiger partial charge in [0, 0.05) is 12.6 Å². The molecule has 3 aromatic rings. The summed E-state index contributed by atoms with van der Waals surface area (Å²) >= 11 is 0. The molecule has 0 radical (unpaired) electrons. The molecule has 2 unspecified atom stereocenters. The summed E-state index contributed by atoms with van der Waals surface area (Å²) in [6.07, 6.45) is 1.33. The number of nitrogens with two attached hydrogens (primary N) is 1. The molecule has 0 amide bonds. The van der Waals surface area contributed by atoms with Gasteiger partial charge in [0.15, 0.2) is 5.79 Å². The van der Waals surface area contributed by atoms with Crippen LogP contribution >= 0.6 is 0 Å². The Kier molecular flexibility index (Phi) is 11.1. The monoisotopic (exact) mass is 434 g/mol. The molecule has 0 aliphatic rings. The molecule has 0 heterocycles. The van der Waals surface area contributed by atoms with E-state index in [-0.39, 0.29) is 12.1 Å². The third kappa shape index (κ3) is 10.7. The van der Waals surface area contributed by atoms with Gasteiger partial charge >= 0.3 is 0 Å². The molecule has 0 saturated heterocycles. The zero-order chi connectivity index (χ0) is 23.2. The molecule has 0 aromatic heterocycles. The fourth-order valence-corrected chi connectivity index (χ4v) is 3.46. The summed E-state index contributed by atoms with van der Waals surface area (Å²) < 4.78 is 5.91. The summed E-state index contributed by atoms with van der Waals surface area (Å²) in [6, 6.07) is 30.9. The van der Waals surface area contributed by atoms with Gasteiger partial charge in [0.25, 0.3) is 0 Å². The molecule has 0 aliphatic heterocycles. The minimum atomic E-state index is -1.19. The lowest BCUT2D eigenvalue weighted by Gasteiger charge is -2.33. The van der Waals surface area contributed by atoms with Crippen LogP contribution in [0.25, 0.3) is 0 Å². The van der Waals surface area contributed by atoms with E-state index in [0.29, 0.717) is 13.0 Å². The molecule has 2 atom stereocenters. The van der Waals surface area contributed by atoms with Crippen LogP contribution in [0.15, 0.2) is 91.0 Å². The van der Waals surface area contributed by atoms with E-state index in [9.17, 15) is 5.11 Å². The molecular formula is C28H38N2O2. The second-order valence-corrected chi connectivity index (χ2v) is 8.50. The van der Waals surface area contributed by atoms with Gasteiger partial charge in [-0.1, -0.05) is 96.6 Å². The molecular weight excluding hydrogens is 396 g/mol. The zero-order valence-corrected chi connectivity index (χ0v) is 19.6. The average molecular weight is 435 g/mol. The van der Waals surface area contributed by atoms with Crippen molar-refractivity contribution in [1.82, 2.24) is 5.32 Å². The Morgan fingerprint density at radius 2 is 1.34 bits per heavy atom. The van der Waals surface area contributed by atoms with Crippen LogP contribution in [-0.4, -0.2) is 29.6 Å². The number of aliphatic hydroxyl groups is 1. The minimum absolute atomic E-state index is 0.0533. The standard InChI is InChI=1S/C21H30N2O2.C7H8/c1-21(2,24)25-20(13-14-22)19(15-17-9-5-3-6-10-17)23-16-18-11-7-4-8-12-18;1-7-5-3-2-4-6-7/h3-12,19-20,23-24H,13-16,22H2,1-2H3;2-6H,1H3. The van der Waals surface area contributed by atoms with Crippen molar-refractivity contribution >= 4 is 0 Å². The van der Waals surface area contributed by atoms with E-state index in [1.165, 1.54) is 16.7 Å². The van der Waals surface area contributed by atoms with E-state index in [1.54, 1.807) is 13.8 Å². The lowest BCUT2D eigenvalue weighted by Crippen LogP contribution is -2.47. The van der Waals surface area contributed by atoms with E-state index in [1.807, 2.05) is 54.6 Å². The van der Waals surface area contributed by atoms with Crippen LogP contribution in [0.4, 0.5) is 0 Å². The van der Waals surface area contributed by atoms with Gasteiger partial charge in [-0.15, -0.1) is 0 Å². The second kappa shape index (κ2) is 13.8. The van der Waals surface area contributed by atoms with Gasteiger partial charge in [-0.2, -0.15) is 0 Å². The highest BCUT2D eigenvalue weighted by atomic mass is 16.6. The summed E-state index contributed by atoms with van der Waals surface area (Å²) in [6.45, 7) is 6.66. The van der Waals surface area contributed by atoms with Gasteiger partial charge in [0.2, 0.25) is 0 Å². The van der Waals surface area contributed by atoms with Gasteiger partial charge in [0.05, 0.1) is 6.10 Å². The van der Waals surface area contributed by atoms with E-state index in [0.717, 1.165) is 13.0 Å². The molecule has 172 valence electrons. The summed E-state index contributed by atoms with van der Waals surface area (Å²) in [4.78, 5) is 0. The Labute approximate surface area is 193 Å². The summed E-state index contributed by atoms with van der Waals surface area (Å²) in [7, 11) is 0. The predicted octanol–water partition coefficient (Wildman–Crippen LogP) is 4.84. The second-order valence-electron chi connectivity index (χ2n) is 8.50. The van der Waals surface area contributed by atoms with Crippen molar-refractivity contribution in [3.05, 3.63) is 108 Å². The number of hydrogen-bond acceptors (Lipinski definition) is 4. The summed E-state index contributed by atoms with van der Waals surface area (Å²) in [5.74, 6) is -1.19. The number of aryl methyl sites for hydroxylation is 1. The first-order valence-corrected chi connectivity index (χ1v) is 11.3. The largest absolute Gasteiger partial charge is 0.366 e. The van der Waals surface area contributed by atoms with E-state index < -0.39 is 5.79 Å². The lowest BCUT2D eigenvalue weighted by atomic mass is 9.98. The normalized spacial score (nSPS) is 13.0. The molecule has 0 bridgehead atoms. The molecule has 4 heteroatoms. The van der Waals surface area contributed by atoms with Crippen molar-refractivity contribution in [2.24, 2.45) is 5.73 Å². The highest BCUT2D eigenvalue weighted by molar-refractivity contribution is 5.18. The lowest BCUT2D eigenvalue weighted by molar-refractivity contribution is -0.212. The number of hydrogen-bond donors (Lipinski definition) is 3. The van der Waals surface area contributed by atoms with Crippen LogP contribution in [0.2, 0.25) is 0 Å². The molecule has 4 N–H and O–H groups in total. The van der Waals surface area contributed by atoms with Crippen molar-refractivity contribution in [3.63, 3.8) is 0 Å². The topological polar surface area (TPSA) is 67.5 Å². The molecule has 0 fully saturated rings. The molecule has 3 aromatic carbocycles. The predicted molar refractivity (Wildman–Crippen MR) is 133 cm³/mol. The Morgan fingerprint density at radius 3 is 1.78 bits per heavy atom. The van der Waals surface area contributed by atoms with Gasteiger partial charge in [-0.05, 0) is 51.3 Å². The minimum Gasteiger partial charge on any atom is -0.366 e. The van der Waals surface area contributed by atoms with Crippen LogP contribution in [0.5, 0.6) is 0 Å². The first-order valence-electron chi connectivity index (χ1n) is 11.3. The molecule has 3 rings (SSSR count). The molecule has 4 nitrogen and oxygen atoms in total. The smallest absolute Gasteiger partial charge is 0.160 e. The van der Waals surface area contributed by atoms with Crippen LogP contribution < -0.4 is 11.1 Å². The maximum atomic E-state index is 10.1. The molecule has 0 saturated carbocycles. The quantitative estimate of drug-likeness (QED) is 0.399. The fourth-order valence-electron chi connectivity index (χ4n) is 3.46. The SMILES string of the molecule is CC(C)(O)OC(CCN)C(Cc1ccccc1)NCc1ccccc1.Cc1ccccc1. The summed E-state index contributed by atoms with van der Waals surface area (Å²) in [5, 5.41) is 13.7. The third-order valence-electron chi connectivity index (χ3n) is 4.99.